The Labute approximate surface area is 97.9 Å². The third-order valence-corrected chi connectivity index (χ3v) is 3.22. The summed E-state index contributed by atoms with van der Waals surface area (Å²) in [6.45, 7) is 7.49. The first kappa shape index (κ1) is 11.3. The summed E-state index contributed by atoms with van der Waals surface area (Å²) in [4.78, 5) is 0. The number of rotatable bonds is 2. The molecule has 0 amide bonds. The molecule has 0 aliphatic carbocycles. The summed E-state index contributed by atoms with van der Waals surface area (Å²) in [5.74, 6) is 0. The summed E-state index contributed by atoms with van der Waals surface area (Å²) in [6.07, 6.45) is 5.62. The van der Waals surface area contributed by atoms with Gasteiger partial charge >= 0.3 is 0 Å². The smallest absolute Gasteiger partial charge is 0.0545 e. The SMILES string of the molecule is CCC1=CC(C)=C(C2=CC(C)NN2C)CN1. The molecule has 0 spiro atoms. The van der Waals surface area contributed by atoms with Gasteiger partial charge in [-0.1, -0.05) is 6.92 Å². The molecule has 0 aromatic carbocycles. The van der Waals surface area contributed by atoms with Gasteiger partial charge in [-0.15, -0.1) is 0 Å². The molecule has 3 nitrogen and oxygen atoms in total. The van der Waals surface area contributed by atoms with Crippen molar-refractivity contribution >= 4 is 0 Å². The van der Waals surface area contributed by atoms with E-state index in [2.05, 4.69) is 55.7 Å². The molecule has 2 aliphatic rings. The molecule has 0 saturated heterocycles. The highest BCUT2D eigenvalue weighted by Crippen LogP contribution is 2.25. The van der Waals surface area contributed by atoms with Crippen LogP contribution in [0.2, 0.25) is 0 Å². The van der Waals surface area contributed by atoms with Gasteiger partial charge in [0.05, 0.1) is 5.70 Å². The topological polar surface area (TPSA) is 27.3 Å². The summed E-state index contributed by atoms with van der Waals surface area (Å²) < 4.78 is 0. The van der Waals surface area contributed by atoms with Crippen molar-refractivity contribution in [1.29, 1.82) is 0 Å². The first-order valence-electron chi connectivity index (χ1n) is 5.98. The molecule has 1 unspecified atom stereocenters. The normalized spacial score (nSPS) is 25.5. The molecule has 2 rings (SSSR count). The Morgan fingerprint density at radius 2 is 2.25 bits per heavy atom. The lowest BCUT2D eigenvalue weighted by atomic mass is 10.0. The Morgan fingerprint density at radius 1 is 1.50 bits per heavy atom. The van der Waals surface area contributed by atoms with E-state index in [0.29, 0.717) is 6.04 Å². The van der Waals surface area contributed by atoms with Crippen LogP contribution in [0.5, 0.6) is 0 Å². The van der Waals surface area contributed by atoms with E-state index >= 15 is 0 Å². The van der Waals surface area contributed by atoms with E-state index in [0.717, 1.165) is 13.0 Å². The molecule has 0 radical (unpaired) electrons. The van der Waals surface area contributed by atoms with Crippen molar-refractivity contribution < 1.29 is 0 Å². The molecule has 0 aromatic heterocycles. The number of likely N-dealkylation sites (N-methyl/N-ethyl adjacent to an activating group) is 1. The van der Waals surface area contributed by atoms with Gasteiger partial charge in [0, 0.05) is 25.3 Å². The number of hydrazine groups is 1. The van der Waals surface area contributed by atoms with Crippen molar-refractivity contribution in [2.75, 3.05) is 13.6 Å². The van der Waals surface area contributed by atoms with Crippen LogP contribution in [-0.4, -0.2) is 24.6 Å². The van der Waals surface area contributed by atoms with Crippen LogP contribution in [0.25, 0.3) is 0 Å². The van der Waals surface area contributed by atoms with E-state index < -0.39 is 0 Å². The maximum absolute atomic E-state index is 3.47. The van der Waals surface area contributed by atoms with Crippen LogP contribution >= 0.6 is 0 Å². The van der Waals surface area contributed by atoms with Crippen LogP contribution in [0, 0.1) is 0 Å². The predicted octanol–water partition coefficient (Wildman–Crippen LogP) is 1.92. The van der Waals surface area contributed by atoms with Gasteiger partial charge in [0.1, 0.15) is 0 Å². The zero-order chi connectivity index (χ0) is 11.7. The molecule has 0 aromatic rings. The monoisotopic (exact) mass is 219 g/mol. The first-order chi connectivity index (χ1) is 7.61. The minimum absolute atomic E-state index is 0.428. The number of hydrogen-bond acceptors (Lipinski definition) is 3. The van der Waals surface area contributed by atoms with Crippen LogP contribution < -0.4 is 10.7 Å². The zero-order valence-electron chi connectivity index (χ0n) is 10.6. The largest absolute Gasteiger partial charge is 0.384 e. The van der Waals surface area contributed by atoms with Gasteiger partial charge in [0.25, 0.3) is 0 Å². The van der Waals surface area contributed by atoms with Crippen LogP contribution in [0.1, 0.15) is 27.2 Å². The second-order valence-corrected chi connectivity index (χ2v) is 4.57. The molecule has 3 heteroatoms. The fourth-order valence-electron chi connectivity index (χ4n) is 2.32. The third kappa shape index (κ3) is 2.00. The predicted molar refractivity (Wildman–Crippen MR) is 67.5 cm³/mol. The Bertz CT molecular complexity index is 377. The second kappa shape index (κ2) is 4.34. The molecular weight excluding hydrogens is 198 g/mol. The standard InChI is InChI=1S/C13H21N3/c1-5-11-6-9(2)12(8-14-11)13-7-10(3)15-16(13)4/h6-7,10,14-15H,5,8H2,1-4H3. The van der Waals surface area contributed by atoms with E-state index in [1.807, 2.05) is 0 Å². The lowest BCUT2D eigenvalue weighted by molar-refractivity contribution is 0.318. The van der Waals surface area contributed by atoms with Crippen LogP contribution in [0.15, 0.2) is 34.7 Å². The van der Waals surface area contributed by atoms with Crippen molar-refractivity contribution in [2.45, 2.75) is 33.2 Å². The molecule has 0 saturated carbocycles. The van der Waals surface area contributed by atoms with Gasteiger partial charge in [0.2, 0.25) is 0 Å². The fraction of sp³-hybridized carbons (Fsp3) is 0.538. The van der Waals surface area contributed by atoms with Crippen molar-refractivity contribution in [3.05, 3.63) is 34.7 Å². The van der Waals surface area contributed by atoms with Gasteiger partial charge in [-0.25, -0.2) is 5.43 Å². The van der Waals surface area contributed by atoms with Crippen molar-refractivity contribution in [3.63, 3.8) is 0 Å². The van der Waals surface area contributed by atoms with Crippen molar-refractivity contribution in [2.24, 2.45) is 0 Å². The Hall–Kier alpha value is -1.22. The van der Waals surface area contributed by atoms with E-state index in [9.17, 15) is 0 Å². The number of nitrogens with zero attached hydrogens (tertiary/aromatic N) is 1. The van der Waals surface area contributed by atoms with Crippen molar-refractivity contribution in [3.8, 4) is 0 Å². The lowest BCUT2D eigenvalue weighted by Crippen LogP contribution is -2.34. The van der Waals surface area contributed by atoms with E-state index in [1.54, 1.807) is 0 Å². The molecular formula is C13H21N3. The molecule has 2 N–H and O–H groups in total. The van der Waals surface area contributed by atoms with E-state index in [1.165, 1.54) is 22.5 Å². The van der Waals surface area contributed by atoms with Gasteiger partial charge < -0.3 is 10.3 Å². The lowest BCUT2D eigenvalue weighted by Gasteiger charge is -2.25. The summed E-state index contributed by atoms with van der Waals surface area (Å²) >= 11 is 0. The summed E-state index contributed by atoms with van der Waals surface area (Å²) in [5, 5.41) is 5.59. The van der Waals surface area contributed by atoms with Gasteiger partial charge in [-0.05, 0) is 43.6 Å². The summed E-state index contributed by atoms with van der Waals surface area (Å²) in [7, 11) is 2.08. The maximum Gasteiger partial charge on any atom is 0.0545 e. The fourth-order valence-corrected chi connectivity index (χ4v) is 2.32. The third-order valence-electron chi connectivity index (χ3n) is 3.22. The summed E-state index contributed by atoms with van der Waals surface area (Å²) in [5.41, 5.74) is 8.79. The van der Waals surface area contributed by atoms with Crippen LogP contribution in [-0.2, 0) is 0 Å². The minimum atomic E-state index is 0.428. The number of nitrogens with one attached hydrogen (secondary N) is 2. The van der Waals surface area contributed by atoms with Crippen LogP contribution in [0.3, 0.4) is 0 Å². The van der Waals surface area contributed by atoms with Gasteiger partial charge in [-0.2, -0.15) is 0 Å². The van der Waals surface area contributed by atoms with Gasteiger partial charge in [0.15, 0.2) is 0 Å². The highest BCUT2D eigenvalue weighted by Gasteiger charge is 2.22. The highest BCUT2D eigenvalue weighted by atomic mass is 15.5. The summed E-state index contributed by atoms with van der Waals surface area (Å²) in [6, 6.07) is 0.428. The Morgan fingerprint density at radius 3 is 2.75 bits per heavy atom. The van der Waals surface area contributed by atoms with E-state index in [4.69, 9.17) is 0 Å². The Kier molecular flexibility index (Phi) is 3.06. The first-order valence-corrected chi connectivity index (χ1v) is 5.98. The minimum Gasteiger partial charge on any atom is -0.384 e. The zero-order valence-corrected chi connectivity index (χ0v) is 10.6. The maximum atomic E-state index is 3.47. The molecule has 0 bridgehead atoms. The highest BCUT2D eigenvalue weighted by molar-refractivity contribution is 5.44. The average molecular weight is 219 g/mol. The van der Waals surface area contributed by atoms with Gasteiger partial charge in [-0.3, -0.25) is 0 Å². The molecule has 2 heterocycles. The van der Waals surface area contributed by atoms with Crippen LogP contribution in [0.4, 0.5) is 0 Å². The number of dihydropyridines is 1. The van der Waals surface area contributed by atoms with E-state index in [-0.39, 0.29) is 0 Å². The molecule has 16 heavy (non-hydrogen) atoms. The number of hydrogen-bond donors (Lipinski definition) is 2. The second-order valence-electron chi connectivity index (χ2n) is 4.57. The molecule has 2 aliphatic heterocycles. The molecule has 0 fully saturated rings. The number of allylic oxidation sites excluding steroid dienone is 3. The average Bonchev–Trinajstić information content (AvgIpc) is 2.57. The molecule has 88 valence electrons. The Balaban J connectivity index is 2.28. The quantitative estimate of drug-likeness (QED) is 0.743. The van der Waals surface area contributed by atoms with Crippen molar-refractivity contribution in [1.82, 2.24) is 15.8 Å². The molecule has 1 atom stereocenters.